The molecule has 5 aromatic rings. The zero-order valence-corrected chi connectivity index (χ0v) is 17.2. The molecule has 2 aromatic carbocycles. The number of benzene rings is 2. The Morgan fingerprint density at radius 1 is 0.464 bits per heavy atom. The summed E-state index contributed by atoms with van der Waals surface area (Å²) in [6, 6.07) is 28.2. The van der Waals surface area contributed by atoms with Crippen molar-refractivity contribution in [1.29, 1.82) is 0 Å². The molecule has 4 heteroatoms. The third kappa shape index (κ3) is 3.47. The van der Waals surface area contributed by atoms with Crippen LogP contribution in [0.25, 0.3) is 41.1 Å². The average molecular weight is 419 g/mol. The van der Waals surface area contributed by atoms with Crippen molar-refractivity contribution in [3.8, 4) is 41.1 Å². The molecule has 0 saturated heterocycles. The highest BCUT2D eigenvalue weighted by atomic mass is 32.1. The van der Waals surface area contributed by atoms with Crippen LogP contribution in [0.1, 0.15) is 0 Å². The predicted octanol–water partition coefficient (Wildman–Crippen LogP) is 8.68. The molecule has 3 heterocycles. The van der Waals surface area contributed by atoms with E-state index in [4.69, 9.17) is 0 Å². The lowest BCUT2D eigenvalue weighted by atomic mass is 10.0. The quantitative estimate of drug-likeness (QED) is 0.274. The minimum absolute atomic E-state index is 0.206. The second kappa shape index (κ2) is 7.47. The molecule has 0 aliphatic carbocycles. The van der Waals surface area contributed by atoms with Crippen LogP contribution < -0.4 is 0 Å². The van der Waals surface area contributed by atoms with Crippen molar-refractivity contribution in [3.05, 3.63) is 96.1 Å². The first-order chi connectivity index (χ1) is 13.8. The molecule has 0 aliphatic rings. The second-order valence-electron chi connectivity index (χ2n) is 6.39. The van der Waals surface area contributed by atoms with Crippen molar-refractivity contribution in [1.82, 2.24) is 0 Å². The zero-order valence-electron chi connectivity index (χ0n) is 14.8. The molecule has 0 N–H and O–H groups in total. The first-order valence-electron chi connectivity index (χ1n) is 8.86. The van der Waals surface area contributed by atoms with Gasteiger partial charge in [0.25, 0.3) is 0 Å². The summed E-state index contributed by atoms with van der Waals surface area (Å²) in [6.45, 7) is 0. The maximum Gasteiger partial charge on any atom is 0.123 e. The van der Waals surface area contributed by atoms with E-state index in [1.165, 1.54) is 42.1 Å². The molecular weight excluding hydrogens is 403 g/mol. The smallest absolute Gasteiger partial charge is 0.123 e. The fourth-order valence-corrected chi connectivity index (χ4v) is 6.06. The van der Waals surface area contributed by atoms with Crippen molar-refractivity contribution < 1.29 is 4.39 Å². The number of rotatable bonds is 4. The van der Waals surface area contributed by atoms with Gasteiger partial charge in [-0.2, -0.15) is 0 Å². The summed E-state index contributed by atoms with van der Waals surface area (Å²) < 4.78 is 13.1. The highest BCUT2D eigenvalue weighted by molar-refractivity contribution is 7.27. The molecule has 0 fully saturated rings. The number of hydrogen-bond donors (Lipinski definition) is 0. The van der Waals surface area contributed by atoms with Crippen LogP contribution in [-0.2, 0) is 0 Å². The Morgan fingerprint density at radius 3 is 1.57 bits per heavy atom. The minimum Gasteiger partial charge on any atom is -0.207 e. The van der Waals surface area contributed by atoms with E-state index in [0.717, 1.165) is 11.1 Å². The van der Waals surface area contributed by atoms with E-state index in [1.807, 2.05) is 34.8 Å². The molecule has 0 aliphatic heterocycles. The minimum atomic E-state index is -0.206. The van der Waals surface area contributed by atoms with Crippen molar-refractivity contribution in [2.24, 2.45) is 0 Å². The molecule has 0 atom stereocenters. The number of halogens is 1. The summed E-state index contributed by atoms with van der Waals surface area (Å²) >= 11 is 5.44. The Labute approximate surface area is 175 Å². The lowest BCUT2D eigenvalue weighted by Crippen LogP contribution is -1.79. The third-order valence-corrected chi connectivity index (χ3v) is 8.05. The molecule has 28 heavy (non-hydrogen) atoms. The van der Waals surface area contributed by atoms with E-state index in [0.29, 0.717) is 0 Å². The molecule has 0 bridgehead atoms. The Morgan fingerprint density at radius 2 is 0.964 bits per heavy atom. The highest BCUT2D eigenvalue weighted by Gasteiger charge is 2.09. The van der Waals surface area contributed by atoms with Gasteiger partial charge in [0.15, 0.2) is 0 Å². The molecular formula is C24H15FS3. The van der Waals surface area contributed by atoms with Gasteiger partial charge in [0.1, 0.15) is 5.82 Å². The van der Waals surface area contributed by atoms with Crippen LogP contribution in [0.5, 0.6) is 0 Å². The summed E-state index contributed by atoms with van der Waals surface area (Å²) in [5.41, 5.74) is 3.33. The monoisotopic (exact) mass is 418 g/mol. The van der Waals surface area contributed by atoms with Gasteiger partial charge in [0.05, 0.1) is 0 Å². The number of hydrogen-bond acceptors (Lipinski definition) is 3. The maximum atomic E-state index is 13.1. The van der Waals surface area contributed by atoms with Crippen LogP contribution in [0.4, 0.5) is 4.39 Å². The SMILES string of the molecule is Fc1ccc(-c2ccc(-c3ccc(-c4ccc(-c5cccs5)s4)s3)cc2)cc1. The van der Waals surface area contributed by atoms with E-state index >= 15 is 0 Å². The Bertz CT molecular complexity index is 1190. The first kappa shape index (κ1) is 17.6. The lowest BCUT2D eigenvalue weighted by molar-refractivity contribution is 0.628. The van der Waals surface area contributed by atoms with E-state index in [1.54, 1.807) is 11.3 Å². The average Bonchev–Trinajstić information content (AvgIpc) is 3.49. The van der Waals surface area contributed by atoms with Crippen molar-refractivity contribution in [2.45, 2.75) is 0 Å². The van der Waals surface area contributed by atoms with Gasteiger partial charge in [-0.3, -0.25) is 0 Å². The molecule has 0 saturated carbocycles. The Balaban J connectivity index is 1.39. The molecule has 3 aromatic heterocycles. The van der Waals surface area contributed by atoms with Crippen LogP contribution >= 0.6 is 34.0 Å². The topological polar surface area (TPSA) is 0 Å². The normalized spacial score (nSPS) is 11.0. The van der Waals surface area contributed by atoms with Crippen molar-refractivity contribution in [3.63, 3.8) is 0 Å². The molecule has 0 radical (unpaired) electrons. The summed E-state index contributed by atoms with van der Waals surface area (Å²) in [5.74, 6) is -0.206. The highest BCUT2D eigenvalue weighted by Crippen LogP contribution is 2.41. The maximum absolute atomic E-state index is 13.1. The molecule has 0 nitrogen and oxygen atoms in total. The van der Waals surface area contributed by atoms with Gasteiger partial charge in [-0.05, 0) is 64.5 Å². The van der Waals surface area contributed by atoms with Crippen LogP contribution in [0, 0.1) is 5.82 Å². The van der Waals surface area contributed by atoms with Gasteiger partial charge in [-0.1, -0.05) is 42.5 Å². The first-order valence-corrected chi connectivity index (χ1v) is 11.4. The van der Waals surface area contributed by atoms with Gasteiger partial charge in [0.2, 0.25) is 0 Å². The Kier molecular flexibility index (Phi) is 4.69. The zero-order chi connectivity index (χ0) is 18.9. The number of thiophene rings is 3. The molecule has 136 valence electrons. The van der Waals surface area contributed by atoms with Crippen LogP contribution in [0.15, 0.2) is 90.3 Å². The largest absolute Gasteiger partial charge is 0.207 e. The molecule has 0 amide bonds. The standard InChI is InChI=1S/C24H15FS3/c25-19-9-7-17(8-10-19)16-3-5-18(6-4-16)20-11-12-23(27-20)24-14-13-22(28-24)21-2-1-15-26-21/h1-15H. The molecule has 0 spiro atoms. The summed E-state index contributed by atoms with van der Waals surface area (Å²) in [6.07, 6.45) is 0. The van der Waals surface area contributed by atoms with E-state index < -0.39 is 0 Å². The summed E-state index contributed by atoms with van der Waals surface area (Å²) in [4.78, 5) is 6.51. The van der Waals surface area contributed by atoms with Crippen molar-refractivity contribution >= 4 is 34.0 Å². The van der Waals surface area contributed by atoms with Gasteiger partial charge in [-0.25, -0.2) is 4.39 Å². The van der Waals surface area contributed by atoms with E-state index in [2.05, 4.69) is 66.0 Å². The molecule has 0 unspecified atom stereocenters. The summed E-state index contributed by atoms with van der Waals surface area (Å²) in [5, 5.41) is 2.12. The van der Waals surface area contributed by atoms with E-state index in [-0.39, 0.29) is 5.82 Å². The van der Waals surface area contributed by atoms with Gasteiger partial charge >= 0.3 is 0 Å². The van der Waals surface area contributed by atoms with E-state index in [9.17, 15) is 4.39 Å². The van der Waals surface area contributed by atoms with Gasteiger partial charge in [-0.15, -0.1) is 34.0 Å². The predicted molar refractivity (Wildman–Crippen MR) is 122 cm³/mol. The van der Waals surface area contributed by atoms with Crippen molar-refractivity contribution in [2.75, 3.05) is 0 Å². The van der Waals surface area contributed by atoms with Crippen LogP contribution in [0.2, 0.25) is 0 Å². The van der Waals surface area contributed by atoms with Crippen LogP contribution in [-0.4, -0.2) is 0 Å². The molecule has 5 rings (SSSR count). The Hall–Kier alpha value is -2.53. The summed E-state index contributed by atoms with van der Waals surface area (Å²) in [7, 11) is 0. The second-order valence-corrected chi connectivity index (χ2v) is 9.50. The fraction of sp³-hybridized carbons (Fsp3) is 0. The van der Waals surface area contributed by atoms with Gasteiger partial charge in [0, 0.05) is 24.4 Å². The van der Waals surface area contributed by atoms with Crippen LogP contribution in [0.3, 0.4) is 0 Å². The third-order valence-electron chi connectivity index (χ3n) is 4.57. The fourth-order valence-electron chi connectivity index (χ4n) is 3.12. The lowest BCUT2D eigenvalue weighted by Gasteiger charge is -2.03. The van der Waals surface area contributed by atoms with Gasteiger partial charge < -0.3 is 0 Å².